The van der Waals surface area contributed by atoms with E-state index in [-0.39, 0.29) is 23.1 Å². The van der Waals surface area contributed by atoms with E-state index in [1.807, 2.05) is 12.1 Å². The third-order valence-corrected chi connectivity index (χ3v) is 7.17. The molecule has 3 amide bonds. The number of halogens is 4. The Hall–Kier alpha value is -5.98. The predicted octanol–water partition coefficient (Wildman–Crippen LogP) is 2.97. The minimum atomic E-state index is -4.65. The summed E-state index contributed by atoms with van der Waals surface area (Å²) >= 11 is 6.00. The smallest absolute Gasteiger partial charge is 0.422 e. The normalized spacial score (nSPS) is 13.8. The first-order valence-corrected chi connectivity index (χ1v) is 14.6. The Kier molecular flexibility index (Phi) is 10.1. The molecule has 1 atom stereocenters. The maximum absolute atomic E-state index is 12.9. The van der Waals surface area contributed by atoms with Gasteiger partial charge in [-0.05, 0) is 54.8 Å². The molecule has 20 heteroatoms. The highest BCUT2D eigenvalue weighted by Crippen LogP contribution is 2.48. The zero-order chi connectivity index (χ0) is 35.2. The molecule has 0 spiro atoms. The first-order valence-electron chi connectivity index (χ1n) is 14.3. The van der Waals surface area contributed by atoms with Crippen LogP contribution in [0.15, 0.2) is 60.9 Å². The molecule has 0 saturated heterocycles. The van der Waals surface area contributed by atoms with Gasteiger partial charge < -0.3 is 36.4 Å². The van der Waals surface area contributed by atoms with Gasteiger partial charge in [0.05, 0.1) is 17.4 Å². The Labute approximate surface area is 279 Å². The monoisotopic (exact) mass is 702 g/mol. The van der Waals surface area contributed by atoms with Crippen LogP contribution in [0.5, 0.6) is 6.01 Å². The molecule has 0 aliphatic heterocycles. The van der Waals surface area contributed by atoms with Crippen LogP contribution in [-0.4, -0.2) is 79.3 Å². The van der Waals surface area contributed by atoms with Crippen molar-refractivity contribution in [2.75, 3.05) is 29.1 Å². The number of carbonyl (C=O) groups is 4. The fourth-order valence-corrected chi connectivity index (χ4v) is 4.46. The first kappa shape index (κ1) is 34.4. The number of carboxylic acids is 1. The number of anilines is 4. The van der Waals surface area contributed by atoms with E-state index in [4.69, 9.17) is 16.3 Å². The largest absolute Gasteiger partial charge is 0.480 e. The lowest BCUT2D eigenvalue weighted by Crippen LogP contribution is -2.50. The molecule has 1 aliphatic carbocycles. The topological polar surface area (TPSA) is 225 Å². The molecule has 1 fully saturated rings. The molecule has 4 aromatic rings. The number of aromatic nitrogens is 5. The fourth-order valence-electron chi connectivity index (χ4n) is 4.33. The molecule has 0 unspecified atom stereocenters. The molecule has 5 rings (SSSR count). The van der Waals surface area contributed by atoms with Gasteiger partial charge in [0.15, 0.2) is 6.61 Å². The number of nitrogens with one attached hydrogen (secondary N) is 6. The number of alkyl halides is 3. The SMILES string of the molecule is O=C(NC[C@H](NC(=O)c1ccc(Nc2nc(NC3(c4ccc(Cl)cc4)CC3)nc(OCC(F)(F)F)n2)cc1)C(=O)O)C(=O)Nc1cn[nH]c1. The Bertz CT molecular complexity index is 1820. The van der Waals surface area contributed by atoms with Gasteiger partial charge in [-0.15, -0.1) is 0 Å². The average Bonchev–Trinajstić information content (AvgIpc) is 3.64. The number of hydrogen-bond donors (Lipinski definition) is 7. The summed E-state index contributed by atoms with van der Waals surface area (Å²) in [4.78, 5) is 60.7. The van der Waals surface area contributed by atoms with E-state index in [2.05, 4.69) is 51.7 Å². The van der Waals surface area contributed by atoms with E-state index < -0.39 is 60.6 Å². The molecule has 2 heterocycles. The van der Waals surface area contributed by atoms with Gasteiger partial charge in [-0.2, -0.15) is 33.2 Å². The van der Waals surface area contributed by atoms with E-state index in [0.717, 1.165) is 5.56 Å². The van der Waals surface area contributed by atoms with Crippen molar-refractivity contribution in [1.29, 1.82) is 0 Å². The number of rotatable bonds is 13. The summed E-state index contributed by atoms with van der Waals surface area (Å²) in [7, 11) is 0. The van der Waals surface area contributed by atoms with E-state index in [1.165, 1.54) is 36.7 Å². The second-order valence-electron chi connectivity index (χ2n) is 10.6. The minimum absolute atomic E-state index is 0.0201. The molecule has 16 nitrogen and oxygen atoms in total. The van der Waals surface area contributed by atoms with Crippen molar-refractivity contribution in [2.24, 2.45) is 0 Å². The first-order chi connectivity index (χ1) is 23.3. The molecular weight excluding hydrogens is 677 g/mol. The van der Waals surface area contributed by atoms with Crippen LogP contribution in [0.2, 0.25) is 5.02 Å². The van der Waals surface area contributed by atoms with Gasteiger partial charge in [0.25, 0.3) is 5.91 Å². The Balaban J connectivity index is 1.23. The molecule has 1 aliphatic rings. The lowest BCUT2D eigenvalue weighted by atomic mass is 10.1. The second kappa shape index (κ2) is 14.4. The molecule has 256 valence electrons. The number of hydrogen-bond acceptors (Lipinski definition) is 11. The highest BCUT2D eigenvalue weighted by Gasteiger charge is 2.45. The number of ether oxygens (including phenoxy) is 1. The van der Waals surface area contributed by atoms with Crippen molar-refractivity contribution in [3.63, 3.8) is 0 Å². The van der Waals surface area contributed by atoms with E-state index in [0.29, 0.717) is 23.6 Å². The van der Waals surface area contributed by atoms with Gasteiger partial charge in [-0.25, -0.2) is 4.79 Å². The number of benzene rings is 2. The van der Waals surface area contributed by atoms with Crippen LogP contribution in [0, 0.1) is 0 Å². The van der Waals surface area contributed by atoms with Crippen LogP contribution in [0.4, 0.5) is 36.4 Å². The molecule has 0 bridgehead atoms. The van der Waals surface area contributed by atoms with Crippen molar-refractivity contribution >= 4 is 58.6 Å². The van der Waals surface area contributed by atoms with Gasteiger partial charge in [0.1, 0.15) is 6.04 Å². The van der Waals surface area contributed by atoms with Crippen molar-refractivity contribution in [2.45, 2.75) is 30.6 Å². The third kappa shape index (κ3) is 9.53. The van der Waals surface area contributed by atoms with Gasteiger partial charge in [-0.3, -0.25) is 19.5 Å². The van der Waals surface area contributed by atoms with Gasteiger partial charge in [0.2, 0.25) is 11.9 Å². The van der Waals surface area contributed by atoms with Crippen LogP contribution < -0.4 is 31.3 Å². The Morgan fingerprint density at radius 1 is 0.959 bits per heavy atom. The highest BCUT2D eigenvalue weighted by molar-refractivity contribution is 6.39. The average molecular weight is 703 g/mol. The summed E-state index contributed by atoms with van der Waals surface area (Å²) in [5, 5.41) is 28.7. The van der Waals surface area contributed by atoms with Crippen LogP contribution in [0.3, 0.4) is 0 Å². The molecular formula is C29H26ClF3N10O6. The summed E-state index contributed by atoms with van der Waals surface area (Å²) in [6, 6.07) is 10.4. The maximum atomic E-state index is 12.9. The van der Waals surface area contributed by atoms with Gasteiger partial charge >= 0.3 is 30.0 Å². The number of amides is 3. The van der Waals surface area contributed by atoms with E-state index >= 15 is 0 Å². The third-order valence-electron chi connectivity index (χ3n) is 6.91. The summed E-state index contributed by atoms with van der Waals surface area (Å²) in [6.45, 7) is -2.24. The van der Waals surface area contributed by atoms with Gasteiger partial charge in [0, 0.05) is 29.0 Å². The Morgan fingerprint density at radius 3 is 2.27 bits per heavy atom. The molecule has 2 aromatic carbocycles. The predicted molar refractivity (Wildman–Crippen MR) is 166 cm³/mol. The number of nitrogens with zero attached hydrogens (tertiary/aromatic N) is 4. The summed E-state index contributed by atoms with van der Waals surface area (Å²) in [5.41, 5.74) is 0.848. The zero-order valence-electron chi connectivity index (χ0n) is 25.0. The molecule has 7 N–H and O–H groups in total. The zero-order valence-corrected chi connectivity index (χ0v) is 25.7. The standard InChI is InChI=1S/C29H26ClF3N10O6/c30-17-5-3-16(4-6-17)28(9-10-28)43-26-40-25(41-27(42-26)49-14-29(31,32)33)38-18-7-1-15(2-8-18)21(44)39-20(24(47)48)13-34-22(45)23(46)37-19-11-35-36-12-19/h1-8,11-12,20H,9-10,13-14H2,(H,34,45)(H,35,36)(H,37,46)(H,39,44)(H,47,48)(H2,38,40,41,42,43)/t20-/m0/s1. The molecule has 2 aromatic heterocycles. The molecule has 0 radical (unpaired) electrons. The van der Waals surface area contributed by atoms with Crippen LogP contribution >= 0.6 is 11.6 Å². The summed E-state index contributed by atoms with van der Waals surface area (Å²) < 4.78 is 43.4. The Morgan fingerprint density at radius 2 is 1.65 bits per heavy atom. The lowest BCUT2D eigenvalue weighted by Gasteiger charge is -2.19. The number of H-pyrrole nitrogens is 1. The van der Waals surface area contributed by atoms with Crippen molar-refractivity contribution in [3.8, 4) is 6.01 Å². The van der Waals surface area contributed by atoms with Crippen LogP contribution in [0.25, 0.3) is 0 Å². The quantitative estimate of drug-likeness (QED) is 0.0999. The van der Waals surface area contributed by atoms with Crippen LogP contribution in [-0.2, 0) is 19.9 Å². The maximum Gasteiger partial charge on any atom is 0.422 e. The molecule has 1 saturated carbocycles. The van der Waals surface area contributed by atoms with Crippen molar-refractivity contribution in [1.82, 2.24) is 35.8 Å². The number of carboxylic acid groups (broad SMARTS) is 1. The van der Waals surface area contributed by atoms with Crippen LogP contribution in [0.1, 0.15) is 28.8 Å². The number of carbonyl (C=O) groups excluding carboxylic acids is 3. The molecule has 49 heavy (non-hydrogen) atoms. The fraction of sp³-hybridized carbons (Fsp3) is 0.241. The van der Waals surface area contributed by atoms with Crippen molar-refractivity contribution < 1.29 is 42.2 Å². The van der Waals surface area contributed by atoms with E-state index in [9.17, 15) is 37.5 Å². The highest BCUT2D eigenvalue weighted by atomic mass is 35.5. The van der Waals surface area contributed by atoms with Gasteiger partial charge in [-0.1, -0.05) is 23.7 Å². The summed E-state index contributed by atoms with van der Waals surface area (Å²) in [6.07, 6.45) is -0.680. The minimum Gasteiger partial charge on any atom is -0.480 e. The number of aromatic amines is 1. The van der Waals surface area contributed by atoms with E-state index in [1.54, 1.807) is 12.1 Å². The number of aliphatic carboxylic acids is 1. The second-order valence-corrected chi connectivity index (χ2v) is 11.0. The van der Waals surface area contributed by atoms with Crippen molar-refractivity contribution in [3.05, 3.63) is 77.1 Å². The lowest BCUT2D eigenvalue weighted by molar-refractivity contribution is -0.154. The summed E-state index contributed by atoms with van der Waals surface area (Å²) in [5.74, 6) is -4.73.